The maximum absolute atomic E-state index is 13.2. The zero-order valence-corrected chi connectivity index (χ0v) is 20.9. The van der Waals surface area contributed by atoms with Crippen LogP contribution >= 0.6 is 0 Å². The van der Waals surface area contributed by atoms with E-state index in [0.29, 0.717) is 34.8 Å². The van der Waals surface area contributed by atoms with E-state index in [1.165, 1.54) is 42.7 Å². The summed E-state index contributed by atoms with van der Waals surface area (Å²) in [5.41, 5.74) is 10.9. The van der Waals surface area contributed by atoms with Gasteiger partial charge in [0.1, 0.15) is 0 Å². The quantitative estimate of drug-likeness (QED) is 0.245. The number of allylic oxidation sites excluding steroid dienone is 1. The van der Waals surface area contributed by atoms with Crippen molar-refractivity contribution < 1.29 is 38.0 Å². The molecule has 0 aromatic heterocycles. The van der Waals surface area contributed by atoms with Gasteiger partial charge in [-0.15, -0.1) is 0 Å². The van der Waals surface area contributed by atoms with Crippen molar-refractivity contribution in [3.63, 3.8) is 0 Å². The summed E-state index contributed by atoms with van der Waals surface area (Å²) >= 11 is 0. The summed E-state index contributed by atoms with van der Waals surface area (Å²) in [6, 6.07) is 1.83. The summed E-state index contributed by atoms with van der Waals surface area (Å²) in [5.74, 6) is -1.21. The maximum atomic E-state index is 13.2. The van der Waals surface area contributed by atoms with Gasteiger partial charge in [0, 0.05) is 24.0 Å². The molecule has 1 aromatic rings. The molecule has 0 saturated carbocycles. The molecule has 1 aromatic carbocycles. The molecule has 11 heteroatoms. The number of azide groups is 1. The number of benzene rings is 1. The number of carbonyl (C=O) groups is 2. The molecule has 188 valence electrons. The highest BCUT2D eigenvalue weighted by atomic mass is 16.5. The van der Waals surface area contributed by atoms with E-state index in [1.807, 2.05) is 13.0 Å². The molecule has 3 rings (SSSR count). The summed E-state index contributed by atoms with van der Waals surface area (Å²) in [6.45, 7) is 1.83. The number of hydrogen-bond acceptors (Lipinski definition) is 9. The lowest BCUT2D eigenvalue weighted by molar-refractivity contribution is -0.141. The van der Waals surface area contributed by atoms with Gasteiger partial charge >= 0.3 is 11.9 Å². The second-order valence-corrected chi connectivity index (χ2v) is 8.10. The van der Waals surface area contributed by atoms with Crippen molar-refractivity contribution in [1.82, 2.24) is 0 Å². The Morgan fingerprint density at radius 2 is 1.69 bits per heavy atom. The number of esters is 2. The van der Waals surface area contributed by atoms with Crippen molar-refractivity contribution in [2.45, 2.75) is 31.9 Å². The van der Waals surface area contributed by atoms with Gasteiger partial charge in [0.25, 0.3) is 0 Å². The van der Waals surface area contributed by atoms with Crippen LogP contribution in [0.3, 0.4) is 0 Å². The predicted molar refractivity (Wildman–Crippen MR) is 125 cm³/mol. The van der Waals surface area contributed by atoms with E-state index in [9.17, 15) is 15.1 Å². The Morgan fingerprint density at radius 1 is 1.03 bits per heavy atom. The fourth-order valence-electron chi connectivity index (χ4n) is 5.09. The molecule has 0 radical (unpaired) electrons. The average Bonchev–Trinajstić information content (AvgIpc) is 3.02. The van der Waals surface area contributed by atoms with Crippen LogP contribution in [0.15, 0.2) is 27.9 Å². The average molecular weight is 488 g/mol. The van der Waals surface area contributed by atoms with Crippen molar-refractivity contribution in [2.24, 2.45) is 11.0 Å². The Morgan fingerprint density at radius 3 is 2.20 bits per heavy atom. The molecule has 35 heavy (non-hydrogen) atoms. The number of fused-ring (bicyclic) bond motifs is 3. The number of aryl methyl sites for hydroxylation is 1. The van der Waals surface area contributed by atoms with Crippen LogP contribution in [-0.2, 0) is 30.2 Å². The van der Waals surface area contributed by atoms with Crippen molar-refractivity contribution in [3.8, 4) is 17.2 Å². The largest absolute Gasteiger partial charge is 0.493 e. The summed E-state index contributed by atoms with van der Waals surface area (Å²) < 4.78 is 32.9. The molecule has 0 fully saturated rings. The molecule has 0 aliphatic heterocycles. The predicted octanol–water partition coefficient (Wildman–Crippen LogP) is 3.75. The number of methoxy groups -OCH3 is 6. The van der Waals surface area contributed by atoms with Crippen LogP contribution in [0.1, 0.15) is 30.9 Å². The van der Waals surface area contributed by atoms with Crippen LogP contribution in [0.25, 0.3) is 16.0 Å². The minimum atomic E-state index is -1.56. The molecule has 0 saturated heterocycles. The van der Waals surface area contributed by atoms with E-state index >= 15 is 0 Å². The molecule has 2 aliphatic carbocycles. The minimum absolute atomic E-state index is 0.0129. The molecular formula is C24H29N3O8. The van der Waals surface area contributed by atoms with Gasteiger partial charge < -0.3 is 28.4 Å². The summed E-state index contributed by atoms with van der Waals surface area (Å²) in [4.78, 5) is 29.0. The van der Waals surface area contributed by atoms with E-state index < -0.39 is 23.6 Å². The monoisotopic (exact) mass is 487 g/mol. The van der Waals surface area contributed by atoms with Gasteiger partial charge in [0.05, 0.1) is 52.6 Å². The zero-order chi connectivity index (χ0) is 25.9. The topological polar surface area (TPSA) is 138 Å². The number of hydrogen-bond donors (Lipinski definition) is 0. The highest BCUT2D eigenvalue weighted by Gasteiger charge is 2.52. The van der Waals surface area contributed by atoms with Crippen molar-refractivity contribution >= 4 is 17.5 Å². The van der Waals surface area contributed by atoms with Gasteiger partial charge in [0.15, 0.2) is 17.2 Å². The van der Waals surface area contributed by atoms with Crippen LogP contribution in [-0.4, -0.2) is 60.3 Å². The fourth-order valence-corrected chi connectivity index (χ4v) is 5.09. The fraction of sp³-hybridized carbons (Fsp3) is 0.500. The SMILES string of the molecule is COC(=O)C1=C(C(=O)OC)[C@@H]2C(=C(C)C1)c1c(cc(OC)c(OC)c1OC)CC[C@@]2(N=[N+]=[N-])OC. The van der Waals surface area contributed by atoms with Crippen LogP contribution in [0.2, 0.25) is 0 Å². The number of nitrogens with zero attached hydrogens (tertiary/aromatic N) is 3. The van der Waals surface area contributed by atoms with E-state index in [-0.39, 0.29) is 24.0 Å². The zero-order valence-electron chi connectivity index (χ0n) is 20.9. The molecule has 0 bridgehead atoms. The van der Waals surface area contributed by atoms with Gasteiger partial charge in [-0.2, -0.15) is 0 Å². The molecule has 0 spiro atoms. The third kappa shape index (κ3) is 4.06. The molecular weight excluding hydrogens is 458 g/mol. The highest BCUT2D eigenvalue weighted by Crippen LogP contribution is 2.57. The summed E-state index contributed by atoms with van der Waals surface area (Å²) in [6.07, 6.45) is 0.680. The Labute approximate surface area is 203 Å². The molecule has 2 aliphatic rings. The Bertz CT molecular complexity index is 1170. The van der Waals surface area contributed by atoms with E-state index in [4.69, 9.17) is 28.4 Å². The molecule has 0 N–H and O–H groups in total. The number of rotatable bonds is 7. The smallest absolute Gasteiger partial charge is 0.335 e. The van der Waals surface area contributed by atoms with Gasteiger partial charge in [-0.3, -0.25) is 0 Å². The van der Waals surface area contributed by atoms with E-state index in [0.717, 1.165) is 11.1 Å². The second kappa shape index (κ2) is 10.3. The first kappa shape index (κ1) is 25.9. The van der Waals surface area contributed by atoms with Gasteiger partial charge in [-0.05, 0) is 42.5 Å². The first-order valence-electron chi connectivity index (χ1n) is 10.8. The number of ether oxygens (including phenoxy) is 6. The van der Waals surface area contributed by atoms with Gasteiger partial charge in [-0.25, -0.2) is 9.59 Å². The second-order valence-electron chi connectivity index (χ2n) is 8.10. The number of carbonyl (C=O) groups excluding carboxylic acids is 2. The summed E-state index contributed by atoms with van der Waals surface area (Å²) in [7, 11) is 8.38. The van der Waals surface area contributed by atoms with Crippen LogP contribution in [0.5, 0.6) is 17.2 Å². The molecule has 2 atom stereocenters. The van der Waals surface area contributed by atoms with Gasteiger partial charge in [0.2, 0.25) is 5.75 Å². The first-order valence-corrected chi connectivity index (χ1v) is 10.8. The lowest BCUT2D eigenvalue weighted by Crippen LogP contribution is -2.43. The highest BCUT2D eigenvalue weighted by molar-refractivity contribution is 6.05. The Balaban J connectivity index is 2.53. The first-order chi connectivity index (χ1) is 16.8. The molecule has 0 amide bonds. The Hall–Kier alpha value is -3.69. The summed E-state index contributed by atoms with van der Waals surface area (Å²) in [5, 5.41) is 4.05. The lowest BCUT2D eigenvalue weighted by atomic mass is 9.70. The van der Waals surface area contributed by atoms with Crippen LogP contribution in [0.4, 0.5) is 0 Å². The van der Waals surface area contributed by atoms with Gasteiger partial charge in [-0.1, -0.05) is 10.7 Å². The lowest BCUT2D eigenvalue weighted by Gasteiger charge is -2.40. The third-order valence-corrected chi connectivity index (χ3v) is 6.59. The normalized spacial score (nSPS) is 21.2. The van der Waals surface area contributed by atoms with Crippen molar-refractivity contribution in [2.75, 3.05) is 42.7 Å². The molecule has 11 nitrogen and oxygen atoms in total. The maximum Gasteiger partial charge on any atom is 0.335 e. The third-order valence-electron chi connectivity index (χ3n) is 6.59. The van der Waals surface area contributed by atoms with E-state index in [1.54, 1.807) is 0 Å². The molecule has 0 heterocycles. The Kier molecular flexibility index (Phi) is 7.62. The molecule has 0 unspecified atom stereocenters. The standard InChI is InChI=1S/C24H29N3O8/c1-12-10-14(22(28)33-5)18(23(29)34-6)19-16(12)17-13(8-9-24(19,35-7)26-27-25)11-15(30-2)20(31-3)21(17)32-4/h11,19H,8-10H2,1-7H3/t19-,24+/m0/s1. The van der Waals surface area contributed by atoms with E-state index in [2.05, 4.69) is 10.0 Å². The van der Waals surface area contributed by atoms with Crippen LogP contribution < -0.4 is 14.2 Å². The van der Waals surface area contributed by atoms with Crippen molar-refractivity contribution in [3.05, 3.63) is 44.4 Å². The van der Waals surface area contributed by atoms with Crippen LogP contribution in [0, 0.1) is 5.92 Å². The van der Waals surface area contributed by atoms with Crippen molar-refractivity contribution in [1.29, 1.82) is 0 Å². The minimum Gasteiger partial charge on any atom is -0.493 e.